The van der Waals surface area contributed by atoms with Gasteiger partial charge in [0.05, 0.1) is 18.8 Å². The van der Waals surface area contributed by atoms with Gasteiger partial charge in [-0.3, -0.25) is 9.59 Å². The van der Waals surface area contributed by atoms with Crippen LogP contribution in [0.1, 0.15) is 90.9 Å². The number of rotatable bonds is 24. The van der Waals surface area contributed by atoms with E-state index in [0.717, 1.165) is 38.5 Å². The second-order valence-electron chi connectivity index (χ2n) is 9.50. The molecule has 3 N–H and O–H groups in total. The molecular formula is C33H52O7. The maximum absolute atomic E-state index is 12.0. The van der Waals surface area contributed by atoms with Gasteiger partial charge in [-0.2, -0.15) is 0 Å². The number of unbranched alkanes of at least 4 members (excludes halogenated alkanes) is 4. The molecule has 0 saturated heterocycles. The van der Waals surface area contributed by atoms with Crippen molar-refractivity contribution in [2.24, 2.45) is 0 Å². The lowest BCUT2D eigenvalue weighted by molar-refractivity contribution is -0.161. The number of ether oxygens (including phenoxy) is 2. The van der Waals surface area contributed by atoms with Crippen molar-refractivity contribution in [1.82, 2.24) is 0 Å². The predicted molar refractivity (Wildman–Crippen MR) is 162 cm³/mol. The van der Waals surface area contributed by atoms with E-state index in [1.165, 1.54) is 0 Å². The third-order valence-corrected chi connectivity index (χ3v) is 5.69. The van der Waals surface area contributed by atoms with Gasteiger partial charge in [-0.1, -0.05) is 112 Å². The molecule has 0 aliphatic carbocycles. The highest BCUT2D eigenvalue weighted by Crippen LogP contribution is 2.07. The van der Waals surface area contributed by atoms with Crippen molar-refractivity contribution >= 4 is 11.9 Å². The Morgan fingerprint density at radius 2 is 1.35 bits per heavy atom. The van der Waals surface area contributed by atoms with E-state index in [2.05, 4.69) is 13.8 Å². The van der Waals surface area contributed by atoms with Crippen LogP contribution in [0.5, 0.6) is 0 Å². The van der Waals surface area contributed by atoms with Gasteiger partial charge in [0.15, 0.2) is 6.10 Å². The fourth-order valence-corrected chi connectivity index (χ4v) is 3.40. The van der Waals surface area contributed by atoms with E-state index in [-0.39, 0.29) is 19.0 Å². The van der Waals surface area contributed by atoms with E-state index in [1.54, 1.807) is 30.4 Å². The lowest BCUT2D eigenvalue weighted by Crippen LogP contribution is -2.28. The molecule has 0 aromatic heterocycles. The van der Waals surface area contributed by atoms with Gasteiger partial charge in [0.1, 0.15) is 6.61 Å². The van der Waals surface area contributed by atoms with E-state index in [4.69, 9.17) is 9.47 Å². The normalized spacial score (nSPS) is 14.8. The molecule has 0 unspecified atom stereocenters. The van der Waals surface area contributed by atoms with Gasteiger partial charge in [0, 0.05) is 12.8 Å². The molecule has 0 aliphatic rings. The lowest BCUT2D eigenvalue weighted by atomic mass is 10.1. The highest BCUT2D eigenvalue weighted by molar-refractivity contribution is 5.70. The van der Waals surface area contributed by atoms with Gasteiger partial charge in [-0.15, -0.1) is 0 Å². The minimum Gasteiger partial charge on any atom is -0.462 e. The highest BCUT2D eigenvalue weighted by atomic mass is 16.6. The van der Waals surface area contributed by atoms with Gasteiger partial charge in [0.25, 0.3) is 0 Å². The summed E-state index contributed by atoms with van der Waals surface area (Å²) >= 11 is 0. The molecule has 0 radical (unpaired) electrons. The monoisotopic (exact) mass is 560 g/mol. The lowest BCUT2D eigenvalue weighted by Gasteiger charge is -2.15. The van der Waals surface area contributed by atoms with E-state index >= 15 is 0 Å². The van der Waals surface area contributed by atoms with E-state index < -0.39 is 30.9 Å². The molecular weight excluding hydrogens is 508 g/mol. The van der Waals surface area contributed by atoms with Crippen LogP contribution < -0.4 is 0 Å². The number of aliphatic hydroxyl groups is 3. The summed E-state index contributed by atoms with van der Waals surface area (Å²) < 4.78 is 10.3. The van der Waals surface area contributed by atoms with Crippen LogP contribution in [0.25, 0.3) is 0 Å². The number of carbonyl (C=O) groups excluding carboxylic acids is 2. The number of allylic oxidation sites excluding steroid dienone is 8. The van der Waals surface area contributed by atoms with Gasteiger partial charge in [-0.05, 0) is 38.5 Å². The fraction of sp³-hybridized carbons (Fsp3) is 0.576. The molecule has 0 heterocycles. The maximum Gasteiger partial charge on any atom is 0.306 e. The molecule has 226 valence electrons. The number of esters is 2. The predicted octanol–water partition coefficient (Wildman–Crippen LogP) is 6.21. The van der Waals surface area contributed by atoms with Crippen molar-refractivity contribution in [3.8, 4) is 0 Å². The minimum atomic E-state index is -0.846. The molecule has 0 aromatic rings. The standard InChI is InChI=1S/C33H52O7/c1-3-5-7-10-19-25-32(37)39-28-31(27-34)40-33(38)26-20-12-9-8-11-16-22-30(36)24-18-14-13-17-23-29(35)21-15-6-4-2/h6,9,11-18,23-24,29-31,34-36H,3-5,7-8,10,19-22,25-28H2,1-2H3/b12-9-,14-13-,15-6-,16-11-,23-17+,24-18+/t29-,30+,31-/m0/s1. The first-order chi connectivity index (χ1) is 19.4. The smallest absolute Gasteiger partial charge is 0.306 e. The Hall–Kier alpha value is -2.74. The second-order valence-corrected chi connectivity index (χ2v) is 9.50. The van der Waals surface area contributed by atoms with Crippen LogP contribution in [-0.2, 0) is 19.1 Å². The van der Waals surface area contributed by atoms with Crippen LogP contribution in [-0.4, -0.2) is 58.8 Å². The molecule has 0 spiro atoms. The molecule has 0 aliphatic heterocycles. The Kier molecular flexibility index (Phi) is 25.9. The fourth-order valence-electron chi connectivity index (χ4n) is 3.40. The summed E-state index contributed by atoms with van der Waals surface area (Å²) in [5.41, 5.74) is 0. The molecule has 7 heteroatoms. The summed E-state index contributed by atoms with van der Waals surface area (Å²) in [4.78, 5) is 23.8. The molecule has 0 amide bonds. The van der Waals surface area contributed by atoms with E-state index in [1.807, 2.05) is 42.5 Å². The summed E-state index contributed by atoms with van der Waals surface area (Å²) in [5, 5.41) is 29.1. The van der Waals surface area contributed by atoms with Crippen molar-refractivity contribution in [2.45, 2.75) is 109 Å². The third kappa shape index (κ3) is 25.5. The molecule has 40 heavy (non-hydrogen) atoms. The number of hydrogen-bond donors (Lipinski definition) is 3. The van der Waals surface area contributed by atoms with Crippen LogP contribution in [0.15, 0.2) is 72.9 Å². The zero-order chi connectivity index (χ0) is 29.7. The minimum absolute atomic E-state index is 0.133. The Morgan fingerprint density at radius 3 is 1.98 bits per heavy atom. The second kappa shape index (κ2) is 27.8. The Balaban J connectivity index is 3.99. The van der Waals surface area contributed by atoms with Crippen LogP contribution in [0.3, 0.4) is 0 Å². The Labute approximate surface area is 241 Å². The number of hydrogen-bond acceptors (Lipinski definition) is 7. The zero-order valence-corrected chi connectivity index (χ0v) is 24.5. The van der Waals surface area contributed by atoms with Gasteiger partial charge in [-0.25, -0.2) is 0 Å². The topological polar surface area (TPSA) is 113 Å². The summed E-state index contributed by atoms with van der Waals surface area (Å²) in [6.07, 6.45) is 29.2. The van der Waals surface area contributed by atoms with Crippen molar-refractivity contribution in [2.75, 3.05) is 13.2 Å². The van der Waals surface area contributed by atoms with E-state index in [0.29, 0.717) is 32.1 Å². The summed E-state index contributed by atoms with van der Waals surface area (Å²) in [7, 11) is 0. The van der Waals surface area contributed by atoms with E-state index in [9.17, 15) is 24.9 Å². The molecule has 0 bridgehead atoms. The van der Waals surface area contributed by atoms with Gasteiger partial charge >= 0.3 is 11.9 Å². The summed E-state index contributed by atoms with van der Waals surface area (Å²) in [5.74, 6) is -0.784. The molecule has 0 fully saturated rings. The van der Waals surface area contributed by atoms with Crippen LogP contribution in [0.4, 0.5) is 0 Å². The molecule has 7 nitrogen and oxygen atoms in total. The van der Waals surface area contributed by atoms with Crippen LogP contribution in [0, 0.1) is 0 Å². The SMILES string of the molecule is CC/C=C\C[C@H](O)/C=C/C=C\C=C\[C@H](O)C/C=C\C/C=C\CCC(=O)O[C@@H](CO)COC(=O)CCCCCCC. The first kappa shape index (κ1) is 37.3. The first-order valence-corrected chi connectivity index (χ1v) is 14.7. The van der Waals surface area contributed by atoms with Gasteiger partial charge in [0.2, 0.25) is 0 Å². The van der Waals surface area contributed by atoms with Crippen LogP contribution >= 0.6 is 0 Å². The van der Waals surface area contributed by atoms with Gasteiger partial charge < -0.3 is 24.8 Å². The van der Waals surface area contributed by atoms with Crippen molar-refractivity contribution < 1.29 is 34.4 Å². The molecule has 3 atom stereocenters. The first-order valence-electron chi connectivity index (χ1n) is 14.7. The zero-order valence-electron chi connectivity index (χ0n) is 24.5. The summed E-state index contributed by atoms with van der Waals surface area (Å²) in [6.45, 7) is 3.66. The quantitative estimate of drug-likeness (QED) is 0.0556. The average Bonchev–Trinajstić information content (AvgIpc) is 2.94. The van der Waals surface area contributed by atoms with Crippen LogP contribution in [0.2, 0.25) is 0 Å². The molecule has 0 aromatic carbocycles. The largest absolute Gasteiger partial charge is 0.462 e. The Morgan fingerprint density at radius 1 is 0.725 bits per heavy atom. The van der Waals surface area contributed by atoms with Crippen molar-refractivity contribution in [3.05, 3.63) is 72.9 Å². The number of carbonyl (C=O) groups is 2. The highest BCUT2D eigenvalue weighted by Gasteiger charge is 2.15. The molecule has 0 rings (SSSR count). The Bertz CT molecular complexity index is 808. The van der Waals surface area contributed by atoms with Crippen molar-refractivity contribution in [1.29, 1.82) is 0 Å². The third-order valence-electron chi connectivity index (χ3n) is 5.69. The summed E-state index contributed by atoms with van der Waals surface area (Å²) in [6, 6.07) is 0. The molecule has 0 saturated carbocycles. The maximum atomic E-state index is 12.0. The van der Waals surface area contributed by atoms with Crippen molar-refractivity contribution in [3.63, 3.8) is 0 Å². The number of aliphatic hydroxyl groups excluding tert-OH is 3. The average molecular weight is 561 g/mol.